The number of amides is 1. The SMILES string of the molecule is C[C@H](NC(=O)c1cc([N+](=O)[O-])ccc1Sc1ccccc1F)c1ccon1. The van der Waals surface area contributed by atoms with Crippen LogP contribution in [-0.2, 0) is 0 Å². The maximum atomic E-state index is 14.0. The molecule has 1 N–H and O–H groups in total. The molecule has 1 atom stereocenters. The van der Waals surface area contributed by atoms with Crippen LogP contribution < -0.4 is 5.32 Å². The number of non-ortho nitro benzene ring substituents is 1. The lowest BCUT2D eigenvalue weighted by molar-refractivity contribution is -0.384. The van der Waals surface area contributed by atoms with Crippen LogP contribution in [-0.4, -0.2) is 16.0 Å². The summed E-state index contributed by atoms with van der Waals surface area (Å²) in [4.78, 5) is 23.9. The molecule has 0 unspecified atom stereocenters. The first-order valence-electron chi connectivity index (χ1n) is 7.87. The van der Waals surface area contributed by atoms with Crippen molar-refractivity contribution >= 4 is 23.4 Å². The molecule has 3 aromatic rings. The number of nitrogens with one attached hydrogen (secondary N) is 1. The van der Waals surface area contributed by atoms with E-state index in [0.29, 0.717) is 15.5 Å². The van der Waals surface area contributed by atoms with Crippen LogP contribution in [0.3, 0.4) is 0 Å². The first kappa shape index (κ1) is 18.6. The van der Waals surface area contributed by atoms with Gasteiger partial charge < -0.3 is 9.84 Å². The molecule has 138 valence electrons. The summed E-state index contributed by atoms with van der Waals surface area (Å²) in [6, 6.07) is 11.1. The lowest BCUT2D eigenvalue weighted by Crippen LogP contribution is -2.27. The van der Waals surface area contributed by atoms with Gasteiger partial charge in [-0.3, -0.25) is 14.9 Å². The molecule has 0 aliphatic heterocycles. The molecule has 0 fully saturated rings. The smallest absolute Gasteiger partial charge is 0.270 e. The van der Waals surface area contributed by atoms with Gasteiger partial charge in [-0.1, -0.05) is 29.1 Å². The van der Waals surface area contributed by atoms with E-state index in [4.69, 9.17) is 4.52 Å². The third-order valence-corrected chi connectivity index (χ3v) is 4.85. The molecular weight excluding hydrogens is 373 g/mol. The highest BCUT2D eigenvalue weighted by atomic mass is 32.2. The number of carbonyl (C=O) groups excluding carboxylic acids is 1. The van der Waals surface area contributed by atoms with Crippen molar-refractivity contribution in [1.82, 2.24) is 10.5 Å². The zero-order chi connectivity index (χ0) is 19.4. The van der Waals surface area contributed by atoms with Gasteiger partial charge in [0.15, 0.2) is 0 Å². The summed E-state index contributed by atoms with van der Waals surface area (Å²) in [5.74, 6) is -0.976. The van der Waals surface area contributed by atoms with Gasteiger partial charge in [0.25, 0.3) is 11.6 Å². The fourth-order valence-corrected chi connectivity index (χ4v) is 3.28. The zero-order valence-corrected chi connectivity index (χ0v) is 14.9. The predicted octanol–water partition coefficient (Wildman–Crippen LogP) is 4.36. The first-order chi connectivity index (χ1) is 13.0. The van der Waals surface area contributed by atoms with Crippen molar-refractivity contribution in [2.45, 2.75) is 22.8 Å². The fraction of sp³-hybridized carbons (Fsp3) is 0.111. The van der Waals surface area contributed by atoms with Gasteiger partial charge in [0.2, 0.25) is 0 Å². The molecule has 2 aromatic carbocycles. The van der Waals surface area contributed by atoms with Gasteiger partial charge in [0.05, 0.1) is 16.5 Å². The summed E-state index contributed by atoms with van der Waals surface area (Å²) >= 11 is 1.02. The van der Waals surface area contributed by atoms with Gasteiger partial charge >= 0.3 is 0 Å². The van der Waals surface area contributed by atoms with Crippen LogP contribution in [0.1, 0.15) is 29.0 Å². The van der Waals surface area contributed by atoms with Gasteiger partial charge in [-0.2, -0.15) is 0 Å². The molecule has 1 aromatic heterocycles. The Hall–Kier alpha value is -3.20. The van der Waals surface area contributed by atoms with Crippen LogP contribution in [0.5, 0.6) is 0 Å². The number of nitro groups is 1. The quantitative estimate of drug-likeness (QED) is 0.498. The summed E-state index contributed by atoms with van der Waals surface area (Å²) in [7, 11) is 0. The second-order valence-corrected chi connectivity index (χ2v) is 6.67. The second kappa shape index (κ2) is 8.00. The number of hydrogen-bond acceptors (Lipinski definition) is 6. The van der Waals surface area contributed by atoms with E-state index >= 15 is 0 Å². The molecule has 0 aliphatic rings. The van der Waals surface area contributed by atoms with Gasteiger partial charge in [0.1, 0.15) is 17.8 Å². The van der Waals surface area contributed by atoms with Crippen molar-refractivity contribution < 1.29 is 18.6 Å². The number of nitrogens with zero attached hydrogens (tertiary/aromatic N) is 2. The average molecular weight is 387 g/mol. The number of nitro benzene ring substituents is 1. The third-order valence-electron chi connectivity index (χ3n) is 3.72. The van der Waals surface area contributed by atoms with Gasteiger partial charge in [-0.25, -0.2) is 4.39 Å². The average Bonchev–Trinajstić information content (AvgIpc) is 3.18. The van der Waals surface area contributed by atoms with Crippen LogP contribution >= 0.6 is 11.8 Å². The Morgan fingerprint density at radius 3 is 2.70 bits per heavy atom. The summed E-state index contributed by atoms with van der Waals surface area (Å²) in [6.45, 7) is 1.71. The van der Waals surface area contributed by atoms with Crippen molar-refractivity contribution in [2.75, 3.05) is 0 Å². The summed E-state index contributed by atoms with van der Waals surface area (Å²) in [5.41, 5.74) is 0.358. The molecule has 0 radical (unpaired) electrons. The Morgan fingerprint density at radius 2 is 2.04 bits per heavy atom. The second-order valence-electron chi connectivity index (χ2n) is 5.59. The lowest BCUT2D eigenvalue weighted by Gasteiger charge is -2.14. The van der Waals surface area contributed by atoms with Crippen molar-refractivity contribution in [1.29, 1.82) is 0 Å². The monoisotopic (exact) mass is 387 g/mol. The third kappa shape index (κ3) is 4.32. The number of aromatic nitrogens is 1. The molecule has 0 saturated heterocycles. The molecule has 0 aliphatic carbocycles. The Kier molecular flexibility index (Phi) is 5.51. The Balaban J connectivity index is 1.93. The van der Waals surface area contributed by atoms with E-state index in [0.717, 1.165) is 11.8 Å². The molecule has 9 heteroatoms. The van der Waals surface area contributed by atoms with Crippen LogP contribution in [0.25, 0.3) is 0 Å². The van der Waals surface area contributed by atoms with Crippen LogP contribution in [0.4, 0.5) is 10.1 Å². The number of hydrogen-bond donors (Lipinski definition) is 1. The topological polar surface area (TPSA) is 98.3 Å². The number of rotatable bonds is 6. The lowest BCUT2D eigenvalue weighted by atomic mass is 10.1. The number of benzene rings is 2. The highest BCUT2D eigenvalue weighted by Gasteiger charge is 2.21. The first-order valence-corrected chi connectivity index (χ1v) is 8.69. The van der Waals surface area contributed by atoms with Crippen molar-refractivity contribution in [3.8, 4) is 0 Å². The Labute approximate surface area is 157 Å². The van der Waals surface area contributed by atoms with Crippen LogP contribution in [0.2, 0.25) is 0 Å². The summed E-state index contributed by atoms with van der Waals surface area (Å²) < 4.78 is 18.7. The van der Waals surface area contributed by atoms with E-state index in [1.54, 1.807) is 31.2 Å². The fourth-order valence-electron chi connectivity index (χ4n) is 2.34. The predicted molar refractivity (Wildman–Crippen MR) is 96.0 cm³/mol. The highest BCUT2D eigenvalue weighted by Crippen LogP contribution is 2.34. The van der Waals surface area contributed by atoms with Gasteiger partial charge in [-0.15, -0.1) is 0 Å². The van der Waals surface area contributed by atoms with Crippen molar-refractivity contribution in [3.63, 3.8) is 0 Å². The minimum absolute atomic E-state index is 0.0767. The summed E-state index contributed by atoms with van der Waals surface area (Å²) in [5, 5.41) is 17.6. The highest BCUT2D eigenvalue weighted by molar-refractivity contribution is 7.99. The van der Waals surface area contributed by atoms with E-state index in [1.807, 2.05) is 0 Å². The van der Waals surface area contributed by atoms with Gasteiger partial charge in [0, 0.05) is 28.0 Å². The maximum absolute atomic E-state index is 14.0. The van der Waals surface area contributed by atoms with Crippen LogP contribution in [0.15, 0.2) is 69.1 Å². The van der Waals surface area contributed by atoms with Crippen molar-refractivity contribution in [3.05, 3.63) is 82.0 Å². The largest absolute Gasteiger partial charge is 0.364 e. The summed E-state index contributed by atoms with van der Waals surface area (Å²) in [6.07, 6.45) is 1.38. The molecule has 0 saturated carbocycles. The Bertz CT molecular complexity index is 978. The molecule has 7 nitrogen and oxygen atoms in total. The molecule has 1 amide bonds. The standard InChI is InChI=1S/C18H14FN3O4S/c1-11(15-8-9-26-21-15)20-18(23)13-10-12(22(24)25)6-7-16(13)27-17-5-3-2-4-14(17)19/h2-11H,1H3,(H,20,23)/t11-/m0/s1. The molecule has 27 heavy (non-hydrogen) atoms. The van der Waals surface area contributed by atoms with E-state index in [-0.39, 0.29) is 11.3 Å². The molecule has 3 rings (SSSR count). The molecule has 0 spiro atoms. The van der Waals surface area contributed by atoms with E-state index in [1.165, 1.54) is 30.5 Å². The minimum atomic E-state index is -0.588. The number of carbonyl (C=O) groups is 1. The molecule has 1 heterocycles. The zero-order valence-electron chi connectivity index (χ0n) is 14.1. The van der Waals surface area contributed by atoms with E-state index in [9.17, 15) is 19.3 Å². The van der Waals surface area contributed by atoms with Gasteiger partial charge in [-0.05, 0) is 25.1 Å². The molecular formula is C18H14FN3O4S. The van der Waals surface area contributed by atoms with Crippen LogP contribution in [0, 0.1) is 15.9 Å². The van der Waals surface area contributed by atoms with E-state index in [2.05, 4.69) is 10.5 Å². The normalized spacial score (nSPS) is 11.8. The Morgan fingerprint density at radius 1 is 1.26 bits per heavy atom. The van der Waals surface area contributed by atoms with E-state index < -0.39 is 22.7 Å². The maximum Gasteiger partial charge on any atom is 0.270 e. The van der Waals surface area contributed by atoms with Crippen molar-refractivity contribution in [2.24, 2.45) is 0 Å². The minimum Gasteiger partial charge on any atom is -0.364 e. The number of halogens is 1. The molecule has 0 bridgehead atoms.